The number of amides is 1. The molecule has 1 amide bonds. The molecule has 0 radical (unpaired) electrons. The molecule has 0 atom stereocenters. The third-order valence-corrected chi connectivity index (χ3v) is 3.46. The van der Waals surface area contributed by atoms with Gasteiger partial charge in [0.05, 0.1) is 16.6 Å². The van der Waals surface area contributed by atoms with Crippen molar-refractivity contribution < 1.29 is 22.4 Å². The van der Waals surface area contributed by atoms with Gasteiger partial charge in [-0.3, -0.25) is 4.79 Å². The van der Waals surface area contributed by atoms with Gasteiger partial charge < -0.3 is 10.3 Å². The van der Waals surface area contributed by atoms with Crippen molar-refractivity contribution >= 4 is 16.9 Å². The standard InChI is InChI=1S/C16H11F4N3O/c17-11-7-10(16(18,19)20)2-1-9(11)8-22-15(24)14-4-3-12-13(23-14)5-6-21-12/h1-7,21H,8H2,(H,22,24). The number of alkyl halides is 3. The van der Waals surface area contributed by atoms with Crippen molar-refractivity contribution in [3.63, 3.8) is 0 Å². The number of carbonyl (C=O) groups excluding carboxylic acids is 1. The summed E-state index contributed by atoms with van der Waals surface area (Å²) >= 11 is 0. The Morgan fingerprint density at radius 3 is 2.67 bits per heavy atom. The Labute approximate surface area is 133 Å². The lowest BCUT2D eigenvalue weighted by Gasteiger charge is -2.10. The average Bonchev–Trinajstić information content (AvgIpc) is 3.00. The van der Waals surface area contributed by atoms with Crippen molar-refractivity contribution in [3.05, 3.63) is 65.2 Å². The Morgan fingerprint density at radius 1 is 1.17 bits per heavy atom. The maximum absolute atomic E-state index is 13.7. The van der Waals surface area contributed by atoms with Gasteiger partial charge in [0, 0.05) is 18.3 Å². The van der Waals surface area contributed by atoms with Crippen molar-refractivity contribution in [2.45, 2.75) is 12.7 Å². The first-order chi connectivity index (χ1) is 11.3. The molecule has 124 valence electrons. The molecule has 2 heterocycles. The molecule has 0 spiro atoms. The summed E-state index contributed by atoms with van der Waals surface area (Å²) in [4.78, 5) is 19.1. The minimum atomic E-state index is -4.61. The molecule has 0 fully saturated rings. The number of aromatic amines is 1. The summed E-state index contributed by atoms with van der Waals surface area (Å²) in [6.07, 6.45) is -2.94. The Balaban J connectivity index is 1.72. The molecule has 3 aromatic rings. The van der Waals surface area contributed by atoms with Gasteiger partial charge in [0.2, 0.25) is 0 Å². The lowest BCUT2D eigenvalue weighted by Crippen LogP contribution is -2.24. The maximum Gasteiger partial charge on any atom is 0.416 e. The first-order valence-corrected chi connectivity index (χ1v) is 6.92. The van der Waals surface area contributed by atoms with E-state index < -0.39 is 23.5 Å². The molecule has 0 aliphatic rings. The molecular formula is C16H11F4N3O. The number of carbonyl (C=O) groups is 1. The number of halogens is 4. The smallest absolute Gasteiger partial charge is 0.360 e. The summed E-state index contributed by atoms with van der Waals surface area (Å²) < 4.78 is 51.2. The number of hydrogen-bond acceptors (Lipinski definition) is 2. The van der Waals surface area contributed by atoms with Crippen molar-refractivity contribution in [1.29, 1.82) is 0 Å². The van der Waals surface area contributed by atoms with Crippen LogP contribution in [0.1, 0.15) is 21.6 Å². The van der Waals surface area contributed by atoms with E-state index in [1.807, 2.05) is 0 Å². The van der Waals surface area contributed by atoms with Crippen LogP contribution in [-0.4, -0.2) is 15.9 Å². The number of rotatable bonds is 3. The Kier molecular flexibility index (Phi) is 3.96. The van der Waals surface area contributed by atoms with Gasteiger partial charge in [-0.15, -0.1) is 0 Å². The molecule has 24 heavy (non-hydrogen) atoms. The van der Waals surface area contributed by atoms with Crippen LogP contribution in [0.25, 0.3) is 11.0 Å². The van der Waals surface area contributed by atoms with Crippen LogP contribution in [0.5, 0.6) is 0 Å². The lowest BCUT2D eigenvalue weighted by atomic mass is 10.1. The molecule has 0 saturated heterocycles. The molecule has 0 aliphatic heterocycles. The lowest BCUT2D eigenvalue weighted by molar-refractivity contribution is -0.137. The zero-order chi connectivity index (χ0) is 17.3. The number of fused-ring (bicyclic) bond motifs is 1. The largest absolute Gasteiger partial charge is 0.416 e. The Bertz CT molecular complexity index is 902. The zero-order valence-corrected chi connectivity index (χ0v) is 12.1. The van der Waals surface area contributed by atoms with E-state index in [9.17, 15) is 22.4 Å². The van der Waals surface area contributed by atoms with E-state index in [0.717, 1.165) is 17.6 Å². The quantitative estimate of drug-likeness (QED) is 0.717. The molecule has 3 rings (SSSR count). The van der Waals surface area contributed by atoms with Gasteiger partial charge in [-0.05, 0) is 30.3 Å². The maximum atomic E-state index is 13.7. The van der Waals surface area contributed by atoms with E-state index in [-0.39, 0.29) is 17.8 Å². The highest BCUT2D eigenvalue weighted by Gasteiger charge is 2.31. The Morgan fingerprint density at radius 2 is 1.96 bits per heavy atom. The van der Waals surface area contributed by atoms with Crippen molar-refractivity contribution in [3.8, 4) is 0 Å². The van der Waals surface area contributed by atoms with Crippen LogP contribution in [-0.2, 0) is 12.7 Å². The van der Waals surface area contributed by atoms with E-state index in [1.165, 1.54) is 6.07 Å². The van der Waals surface area contributed by atoms with E-state index in [4.69, 9.17) is 0 Å². The number of pyridine rings is 1. The van der Waals surface area contributed by atoms with Gasteiger partial charge >= 0.3 is 6.18 Å². The monoisotopic (exact) mass is 337 g/mol. The molecule has 2 N–H and O–H groups in total. The minimum absolute atomic E-state index is 0.0425. The molecular weight excluding hydrogens is 326 g/mol. The third kappa shape index (κ3) is 3.22. The number of benzene rings is 1. The highest BCUT2D eigenvalue weighted by atomic mass is 19.4. The normalized spacial score (nSPS) is 11.7. The van der Waals surface area contributed by atoms with Crippen molar-refractivity contribution in [2.24, 2.45) is 0 Å². The number of hydrogen-bond donors (Lipinski definition) is 2. The first kappa shape index (κ1) is 16.0. The fraction of sp³-hybridized carbons (Fsp3) is 0.125. The fourth-order valence-electron chi connectivity index (χ4n) is 2.19. The van der Waals surface area contributed by atoms with E-state index in [0.29, 0.717) is 11.6 Å². The van der Waals surface area contributed by atoms with Crippen LogP contribution >= 0.6 is 0 Å². The second kappa shape index (κ2) is 5.95. The predicted octanol–water partition coefficient (Wildman–Crippen LogP) is 3.65. The van der Waals surface area contributed by atoms with E-state index in [2.05, 4.69) is 15.3 Å². The van der Waals surface area contributed by atoms with Crippen LogP contribution in [0.2, 0.25) is 0 Å². The molecule has 8 heteroatoms. The van der Waals surface area contributed by atoms with Gasteiger partial charge in [0.1, 0.15) is 11.5 Å². The summed E-state index contributed by atoms with van der Waals surface area (Å²) in [6.45, 7) is -0.240. The van der Waals surface area contributed by atoms with Crippen LogP contribution in [0.15, 0.2) is 42.6 Å². The second-order valence-electron chi connectivity index (χ2n) is 5.09. The highest BCUT2D eigenvalue weighted by molar-refractivity contribution is 5.94. The molecule has 2 aromatic heterocycles. The minimum Gasteiger partial charge on any atom is -0.360 e. The van der Waals surface area contributed by atoms with Gasteiger partial charge in [-0.25, -0.2) is 9.37 Å². The van der Waals surface area contributed by atoms with Gasteiger partial charge in [-0.2, -0.15) is 13.2 Å². The number of H-pyrrole nitrogens is 1. The predicted molar refractivity (Wildman–Crippen MR) is 78.7 cm³/mol. The summed E-state index contributed by atoms with van der Waals surface area (Å²) in [5.41, 5.74) is 0.381. The van der Waals surface area contributed by atoms with E-state index in [1.54, 1.807) is 18.3 Å². The van der Waals surface area contributed by atoms with Crippen molar-refractivity contribution in [1.82, 2.24) is 15.3 Å². The van der Waals surface area contributed by atoms with Gasteiger partial charge in [0.15, 0.2) is 0 Å². The van der Waals surface area contributed by atoms with Crippen LogP contribution in [0, 0.1) is 5.82 Å². The Hall–Kier alpha value is -2.90. The molecule has 0 aliphatic carbocycles. The summed E-state index contributed by atoms with van der Waals surface area (Å²) in [7, 11) is 0. The fourth-order valence-corrected chi connectivity index (χ4v) is 2.19. The SMILES string of the molecule is O=C(NCc1ccc(C(F)(F)F)cc1F)c1ccc2[nH]ccc2n1. The average molecular weight is 337 g/mol. The van der Waals surface area contributed by atoms with E-state index >= 15 is 0 Å². The molecule has 0 unspecified atom stereocenters. The summed E-state index contributed by atoms with van der Waals surface area (Å²) in [6, 6.07) is 7.05. The van der Waals surface area contributed by atoms with Gasteiger partial charge in [-0.1, -0.05) is 6.07 Å². The van der Waals surface area contributed by atoms with Crippen LogP contribution in [0.4, 0.5) is 17.6 Å². The number of nitrogens with one attached hydrogen (secondary N) is 2. The molecule has 0 bridgehead atoms. The summed E-state index contributed by atoms with van der Waals surface area (Å²) in [5.74, 6) is -1.57. The summed E-state index contributed by atoms with van der Waals surface area (Å²) in [5, 5.41) is 2.44. The zero-order valence-electron chi connectivity index (χ0n) is 12.1. The third-order valence-electron chi connectivity index (χ3n) is 3.46. The first-order valence-electron chi connectivity index (χ1n) is 6.92. The molecule has 4 nitrogen and oxygen atoms in total. The highest BCUT2D eigenvalue weighted by Crippen LogP contribution is 2.30. The number of aromatic nitrogens is 2. The van der Waals surface area contributed by atoms with Crippen LogP contribution in [0.3, 0.4) is 0 Å². The molecule has 1 aromatic carbocycles. The topological polar surface area (TPSA) is 57.8 Å². The van der Waals surface area contributed by atoms with Crippen LogP contribution < -0.4 is 5.32 Å². The molecule has 0 saturated carbocycles. The number of nitrogens with zero attached hydrogens (tertiary/aromatic N) is 1. The van der Waals surface area contributed by atoms with Crippen molar-refractivity contribution in [2.75, 3.05) is 0 Å². The van der Waals surface area contributed by atoms with Gasteiger partial charge in [0.25, 0.3) is 5.91 Å². The second-order valence-corrected chi connectivity index (χ2v) is 5.09.